The second-order valence-corrected chi connectivity index (χ2v) is 6.82. The summed E-state index contributed by atoms with van der Waals surface area (Å²) in [6, 6.07) is 12.8. The summed E-state index contributed by atoms with van der Waals surface area (Å²) in [5.41, 5.74) is 2.23. The fourth-order valence-corrected chi connectivity index (χ4v) is 3.50. The van der Waals surface area contributed by atoms with Crippen molar-refractivity contribution < 1.29 is 9.21 Å². The topological polar surface area (TPSA) is 36.7 Å². The van der Waals surface area contributed by atoms with Crippen molar-refractivity contribution in [2.24, 2.45) is 0 Å². The number of nitrogens with zero attached hydrogens (tertiary/aromatic N) is 2. The maximum absolute atomic E-state index is 12.8. The molecule has 1 aliphatic heterocycles. The molecule has 0 spiro atoms. The molecule has 2 aromatic rings. The fraction of sp³-hybridized carbons (Fsp3) is 0.450. The van der Waals surface area contributed by atoms with E-state index in [9.17, 15) is 4.79 Å². The van der Waals surface area contributed by atoms with Gasteiger partial charge in [-0.05, 0) is 45.4 Å². The second kappa shape index (κ2) is 7.22. The molecule has 24 heavy (non-hydrogen) atoms. The summed E-state index contributed by atoms with van der Waals surface area (Å²) in [6.07, 6.45) is 2.16. The fourth-order valence-electron chi connectivity index (χ4n) is 3.50. The number of likely N-dealkylation sites (N-methyl/N-ethyl adjacent to an activating group) is 1. The predicted molar refractivity (Wildman–Crippen MR) is 95.0 cm³/mol. The van der Waals surface area contributed by atoms with Gasteiger partial charge in [0.05, 0.1) is 0 Å². The van der Waals surface area contributed by atoms with E-state index in [1.807, 2.05) is 30.9 Å². The zero-order chi connectivity index (χ0) is 17.1. The monoisotopic (exact) mass is 326 g/mol. The summed E-state index contributed by atoms with van der Waals surface area (Å²) in [5.74, 6) is 1.32. The van der Waals surface area contributed by atoms with Crippen LogP contribution < -0.4 is 0 Å². The Kier molecular flexibility index (Phi) is 5.05. The van der Waals surface area contributed by atoms with Crippen molar-refractivity contribution in [3.63, 3.8) is 0 Å². The van der Waals surface area contributed by atoms with Crippen LogP contribution in [-0.2, 0) is 6.54 Å². The van der Waals surface area contributed by atoms with Crippen LogP contribution in [0.4, 0.5) is 0 Å². The second-order valence-electron chi connectivity index (χ2n) is 6.82. The van der Waals surface area contributed by atoms with Crippen molar-refractivity contribution in [1.82, 2.24) is 9.80 Å². The van der Waals surface area contributed by atoms with E-state index in [1.165, 1.54) is 5.56 Å². The molecule has 0 radical (unpaired) electrons. The zero-order valence-corrected chi connectivity index (χ0v) is 14.8. The molecule has 1 amide bonds. The molecule has 0 aliphatic carbocycles. The lowest BCUT2D eigenvalue weighted by atomic mass is 10.0. The highest BCUT2D eigenvalue weighted by Crippen LogP contribution is 2.21. The molecule has 2 heterocycles. The van der Waals surface area contributed by atoms with E-state index in [2.05, 4.69) is 36.2 Å². The van der Waals surface area contributed by atoms with E-state index >= 15 is 0 Å². The van der Waals surface area contributed by atoms with Gasteiger partial charge in [0.1, 0.15) is 5.76 Å². The van der Waals surface area contributed by atoms with Crippen LogP contribution in [0.15, 0.2) is 40.8 Å². The van der Waals surface area contributed by atoms with E-state index in [-0.39, 0.29) is 5.91 Å². The van der Waals surface area contributed by atoms with Crippen LogP contribution in [-0.4, -0.2) is 41.9 Å². The number of aryl methyl sites for hydroxylation is 2. The van der Waals surface area contributed by atoms with E-state index in [1.54, 1.807) is 0 Å². The van der Waals surface area contributed by atoms with Crippen molar-refractivity contribution in [2.75, 3.05) is 20.1 Å². The summed E-state index contributed by atoms with van der Waals surface area (Å²) in [7, 11) is 2.15. The molecule has 1 atom stereocenters. The first-order chi connectivity index (χ1) is 11.5. The number of likely N-dealkylation sites (tertiary alicyclic amines) is 1. The SMILES string of the molecule is Cc1cc(C)c(C(=O)N2CCC[C@@H](N(C)Cc3ccccc3)C2)o1. The number of amides is 1. The van der Waals surface area contributed by atoms with Gasteiger partial charge < -0.3 is 9.32 Å². The first-order valence-corrected chi connectivity index (χ1v) is 8.65. The molecule has 1 aliphatic rings. The van der Waals surface area contributed by atoms with Crippen molar-refractivity contribution in [3.05, 3.63) is 59.0 Å². The normalized spacial score (nSPS) is 18.2. The summed E-state index contributed by atoms with van der Waals surface area (Å²) >= 11 is 0. The number of hydrogen-bond donors (Lipinski definition) is 0. The molecule has 4 nitrogen and oxygen atoms in total. The van der Waals surface area contributed by atoms with Gasteiger partial charge in [-0.15, -0.1) is 0 Å². The first kappa shape index (κ1) is 16.8. The van der Waals surface area contributed by atoms with Gasteiger partial charge in [0.2, 0.25) is 0 Å². The Morgan fingerprint density at radius 3 is 2.71 bits per heavy atom. The van der Waals surface area contributed by atoms with Crippen LogP contribution in [0.3, 0.4) is 0 Å². The van der Waals surface area contributed by atoms with Crippen molar-refractivity contribution in [2.45, 2.75) is 39.3 Å². The molecule has 0 unspecified atom stereocenters. The Bertz CT molecular complexity index is 693. The zero-order valence-electron chi connectivity index (χ0n) is 14.8. The Morgan fingerprint density at radius 1 is 1.29 bits per heavy atom. The van der Waals surface area contributed by atoms with Crippen molar-refractivity contribution in [1.29, 1.82) is 0 Å². The van der Waals surface area contributed by atoms with Crippen molar-refractivity contribution >= 4 is 5.91 Å². The maximum atomic E-state index is 12.8. The smallest absolute Gasteiger partial charge is 0.289 e. The summed E-state index contributed by atoms with van der Waals surface area (Å²) in [5, 5.41) is 0. The standard InChI is InChI=1S/C20H26N2O2/c1-15-12-16(2)24-19(15)20(23)22-11-7-10-18(14-22)21(3)13-17-8-5-4-6-9-17/h4-6,8-9,12,18H,7,10-11,13-14H2,1-3H3/t18-/m1/s1. The van der Waals surface area contributed by atoms with Gasteiger partial charge in [-0.3, -0.25) is 9.69 Å². The minimum Gasteiger partial charge on any atom is -0.456 e. The van der Waals surface area contributed by atoms with E-state index in [4.69, 9.17) is 4.42 Å². The first-order valence-electron chi connectivity index (χ1n) is 8.65. The maximum Gasteiger partial charge on any atom is 0.289 e. The largest absolute Gasteiger partial charge is 0.456 e. The summed E-state index contributed by atoms with van der Waals surface area (Å²) < 4.78 is 5.62. The number of benzene rings is 1. The molecule has 1 saturated heterocycles. The third kappa shape index (κ3) is 3.70. The van der Waals surface area contributed by atoms with Gasteiger partial charge in [0.15, 0.2) is 5.76 Å². The average Bonchev–Trinajstić information content (AvgIpc) is 2.93. The van der Waals surface area contributed by atoms with Gasteiger partial charge in [-0.2, -0.15) is 0 Å². The lowest BCUT2D eigenvalue weighted by molar-refractivity contribution is 0.0570. The molecule has 0 saturated carbocycles. The predicted octanol–water partition coefficient (Wildman–Crippen LogP) is 3.63. The van der Waals surface area contributed by atoms with E-state index < -0.39 is 0 Å². The molecule has 0 N–H and O–H groups in total. The highest BCUT2D eigenvalue weighted by Gasteiger charge is 2.29. The molecular formula is C20H26N2O2. The van der Waals surface area contributed by atoms with E-state index in [0.717, 1.165) is 43.8 Å². The highest BCUT2D eigenvalue weighted by molar-refractivity contribution is 5.93. The van der Waals surface area contributed by atoms with Crippen LogP contribution in [0.5, 0.6) is 0 Å². The number of piperidine rings is 1. The molecule has 0 bridgehead atoms. The van der Waals surface area contributed by atoms with Crippen LogP contribution in [0.2, 0.25) is 0 Å². The highest BCUT2D eigenvalue weighted by atomic mass is 16.4. The van der Waals surface area contributed by atoms with Gasteiger partial charge in [0.25, 0.3) is 5.91 Å². The lowest BCUT2D eigenvalue weighted by Crippen LogP contribution is -2.48. The molecule has 1 aromatic carbocycles. The molecule has 1 aromatic heterocycles. The Hall–Kier alpha value is -2.07. The minimum atomic E-state index is 0.0263. The third-order valence-electron chi connectivity index (χ3n) is 4.82. The molecule has 1 fully saturated rings. The number of rotatable bonds is 4. The Balaban J connectivity index is 1.65. The minimum absolute atomic E-state index is 0.0263. The number of hydrogen-bond acceptors (Lipinski definition) is 3. The molecular weight excluding hydrogens is 300 g/mol. The van der Waals surface area contributed by atoms with Gasteiger partial charge in [-0.1, -0.05) is 30.3 Å². The molecule has 3 rings (SSSR count). The van der Waals surface area contributed by atoms with Crippen LogP contribution in [0.1, 0.15) is 40.3 Å². The van der Waals surface area contributed by atoms with Gasteiger partial charge in [0, 0.05) is 31.2 Å². The van der Waals surface area contributed by atoms with Crippen LogP contribution in [0.25, 0.3) is 0 Å². The number of carbonyl (C=O) groups excluding carboxylic acids is 1. The van der Waals surface area contributed by atoms with Gasteiger partial charge in [-0.25, -0.2) is 0 Å². The van der Waals surface area contributed by atoms with Crippen LogP contribution in [0, 0.1) is 13.8 Å². The summed E-state index contributed by atoms with van der Waals surface area (Å²) in [4.78, 5) is 17.1. The van der Waals surface area contributed by atoms with Crippen molar-refractivity contribution in [3.8, 4) is 0 Å². The van der Waals surface area contributed by atoms with Gasteiger partial charge >= 0.3 is 0 Å². The number of carbonyl (C=O) groups is 1. The summed E-state index contributed by atoms with van der Waals surface area (Å²) in [6.45, 7) is 6.31. The number of furan rings is 1. The molecule has 4 heteroatoms. The average molecular weight is 326 g/mol. The lowest BCUT2D eigenvalue weighted by Gasteiger charge is -2.37. The Morgan fingerprint density at radius 2 is 2.04 bits per heavy atom. The van der Waals surface area contributed by atoms with E-state index in [0.29, 0.717) is 11.8 Å². The molecule has 128 valence electrons. The quantitative estimate of drug-likeness (QED) is 0.861. The third-order valence-corrected chi connectivity index (χ3v) is 4.82. The van der Waals surface area contributed by atoms with Crippen LogP contribution >= 0.6 is 0 Å². The Labute approximate surface area is 144 Å².